The molecule has 0 radical (unpaired) electrons. The molecule has 0 aromatic carbocycles. The highest BCUT2D eigenvalue weighted by Gasteiger charge is 2.13. The molecule has 0 aliphatic rings. The van der Waals surface area contributed by atoms with Crippen molar-refractivity contribution in [2.75, 3.05) is 0 Å². The topological polar surface area (TPSA) is 82.0 Å². The number of hydrogen-bond donors (Lipinski definition) is 1. The van der Waals surface area contributed by atoms with E-state index in [1.54, 1.807) is 0 Å². The van der Waals surface area contributed by atoms with Crippen LogP contribution in [-0.4, -0.2) is 9.91 Å². The van der Waals surface area contributed by atoms with Gasteiger partial charge in [0.2, 0.25) is 0 Å². The van der Waals surface area contributed by atoms with E-state index in [9.17, 15) is 10.1 Å². The molecule has 0 amide bonds. The molecule has 0 aliphatic heterocycles. The Kier molecular flexibility index (Phi) is 2.57. The first-order valence-electron chi connectivity index (χ1n) is 3.14. The summed E-state index contributed by atoms with van der Waals surface area (Å²) in [5.74, 6) is 0. The molecule has 2 N–H and O–H groups in total. The van der Waals surface area contributed by atoms with Crippen molar-refractivity contribution in [3.05, 3.63) is 33.1 Å². The van der Waals surface area contributed by atoms with Gasteiger partial charge in [0.1, 0.15) is 5.69 Å². The molecule has 1 aromatic rings. The smallest absolute Gasteiger partial charge is 0.293 e. The lowest BCUT2D eigenvalue weighted by molar-refractivity contribution is -0.385. The molecule has 0 unspecified atom stereocenters. The van der Waals surface area contributed by atoms with Gasteiger partial charge in [-0.3, -0.25) is 15.1 Å². The van der Waals surface area contributed by atoms with Crippen molar-refractivity contribution < 1.29 is 4.92 Å². The lowest BCUT2D eigenvalue weighted by Gasteiger charge is -1.97. The lowest BCUT2D eigenvalue weighted by atomic mass is 10.3. The van der Waals surface area contributed by atoms with Crippen molar-refractivity contribution >= 4 is 17.3 Å². The average molecular weight is 188 g/mol. The molecule has 0 aliphatic carbocycles. The van der Waals surface area contributed by atoms with Crippen LogP contribution >= 0.6 is 11.6 Å². The van der Waals surface area contributed by atoms with Crippen molar-refractivity contribution in [1.82, 2.24) is 4.98 Å². The van der Waals surface area contributed by atoms with Gasteiger partial charge in [0.05, 0.1) is 9.95 Å². The second-order valence-electron chi connectivity index (χ2n) is 2.08. The fraction of sp³-hybridized carbons (Fsp3) is 0.167. The monoisotopic (exact) mass is 187 g/mol. The van der Waals surface area contributed by atoms with Crippen LogP contribution in [0.2, 0.25) is 5.02 Å². The van der Waals surface area contributed by atoms with Gasteiger partial charge < -0.3 is 5.73 Å². The van der Waals surface area contributed by atoms with Gasteiger partial charge in [-0.25, -0.2) is 0 Å². The van der Waals surface area contributed by atoms with E-state index in [0.29, 0.717) is 0 Å². The van der Waals surface area contributed by atoms with Crippen molar-refractivity contribution in [1.29, 1.82) is 0 Å². The SMILES string of the molecule is NCc1ncc(Cl)cc1[N+](=O)[O-]. The van der Waals surface area contributed by atoms with Crippen LogP contribution in [0.3, 0.4) is 0 Å². The first-order valence-corrected chi connectivity index (χ1v) is 3.52. The molecule has 0 saturated heterocycles. The predicted octanol–water partition coefficient (Wildman–Crippen LogP) is 1.10. The second kappa shape index (κ2) is 3.46. The molecule has 0 saturated carbocycles. The van der Waals surface area contributed by atoms with Crippen LogP contribution in [0.1, 0.15) is 5.69 Å². The van der Waals surface area contributed by atoms with E-state index in [-0.39, 0.29) is 22.9 Å². The largest absolute Gasteiger partial charge is 0.325 e. The summed E-state index contributed by atoms with van der Waals surface area (Å²) < 4.78 is 0. The molecule has 6 heteroatoms. The molecule has 0 atom stereocenters. The van der Waals surface area contributed by atoms with Gasteiger partial charge in [-0.05, 0) is 0 Å². The molecule has 12 heavy (non-hydrogen) atoms. The van der Waals surface area contributed by atoms with Crippen molar-refractivity contribution in [2.45, 2.75) is 6.54 Å². The van der Waals surface area contributed by atoms with Crippen LogP contribution in [0.5, 0.6) is 0 Å². The Bertz CT molecular complexity index is 316. The molecule has 1 heterocycles. The normalized spacial score (nSPS) is 9.83. The van der Waals surface area contributed by atoms with Gasteiger partial charge in [-0.2, -0.15) is 0 Å². The van der Waals surface area contributed by atoms with E-state index in [2.05, 4.69) is 4.98 Å². The predicted molar refractivity (Wildman–Crippen MR) is 43.8 cm³/mol. The summed E-state index contributed by atoms with van der Waals surface area (Å²) in [5, 5.41) is 10.6. The number of rotatable bonds is 2. The number of halogens is 1. The third-order valence-electron chi connectivity index (χ3n) is 1.30. The summed E-state index contributed by atoms with van der Waals surface area (Å²) >= 11 is 5.51. The maximum atomic E-state index is 10.4. The van der Waals surface area contributed by atoms with Crippen molar-refractivity contribution in [3.8, 4) is 0 Å². The maximum Gasteiger partial charge on any atom is 0.293 e. The van der Waals surface area contributed by atoms with Crippen LogP contribution in [0, 0.1) is 10.1 Å². The summed E-state index contributed by atoms with van der Waals surface area (Å²) in [6.07, 6.45) is 1.33. The Morgan fingerprint density at radius 3 is 2.92 bits per heavy atom. The molecule has 64 valence electrons. The van der Waals surface area contributed by atoms with Gasteiger partial charge >= 0.3 is 0 Å². The molecule has 1 aromatic heterocycles. The minimum atomic E-state index is -0.554. The van der Waals surface area contributed by atoms with Gasteiger partial charge in [0, 0.05) is 18.8 Å². The van der Waals surface area contributed by atoms with Crippen molar-refractivity contribution in [2.24, 2.45) is 5.73 Å². The Hall–Kier alpha value is -1.20. The number of hydrogen-bond acceptors (Lipinski definition) is 4. The molecule has 0 fully saturated rings. The first-order chi connectivity index (χ1) is 5.65. The van der Waals surface area contributed by atoms with Crippen LogP contribution < -0.4 is 5.73 Å². The number of nitrogens with zero attached hydrogens (tertiary/aromatic N) is 2. The van der Waals surface area contributed by atoms with E-state index in [1.807, 2.05) is 0 Å². The Labute approximate surface area is 73.3 Å². The van der Waals surface area contributed by atoms with Gasteiger partial charge in [0.15, 0.2) is 0 Å². The minimum absolute atomic E-state index is 0.0352. The highest BCUT2D eigenvalue weighted by atomic mass is 35.5. The summed E-state index contributed by atoms with van der Waals surface area (Å²) in [6, 6.07) is 1.23. The molecular weight excluding hydrogens is 182 g/mol. The molecule has 0 bridgehead atoms. The molecule has 1 rings (SSSR count). The molecule has 0 spiro atoms. The third-order valence-corrected chi connectivity index (χ3v) is 1.51. The number of aromatic nitrogens is 1. The quantitative estimate of drug-likeness (QED) is 0.555. The number of nitro groups is 1. The van der Waals surface area contributed by atoms with Gasteiger partial charge in [-0.1, -0.05) is 11.6 Å². The van der Waals surface area contributed by atoms with Gasteiger partial charge in [-0.15, -0.1) is 0 Å². The Morgan fingerprint density at radius 1 is 1.75 bits per heavy atom. The number of pyridine rings is 1. The first kappa shape index (κ1) is 8.89. The van der Waals surface area contributed by atoms with E-state index in [4.69, 9.17) is 17.3 Å². The Morgan fingerprint density at radius 2 is 2.42 bits per heavy atom. The summed E-state index contributed by atoms with van der Waals surface area (Å²) in [7, 11) is 0. The zero-order valence-electron chi connectivity index (χ0n) is 6.03. The standard InChI is InChI=1S/C6H6ClN3O2/c7-4-1-6(10(11)12)5(2-8)9-3-4/h1,3H,2,8H2. The van der Waals surface area contributed by atoms with Crippen LogP contribution in [0.4, 0.5) is 5.69 Å². The van der Waals surface area contributed by atoms with E-state index in [1.165, 1.54) is 12.3 Å². The summed E-state index contributed by atoms with van der Waals surface area (Å²) in [4.78, 5) is 13.5. The lowest BCUT2D eigenvalue weighted by Crippen LogP contribution is -2.04. The van der Waals surface area contributed by atoms with Gasteiger partial charge in [0.25, 0.3) is 5.69 Å². The second-order valence-corrected chi connectivity index (χ2v) is 2.52. The van der Waals surface area contributed by atoms with E-state index >= 15 is 0 Å². The zero-order chi connectivity index (χ0) is 9.14. The maximum absolute atomic E-state index is 10.4. The Balaban J connectivity index is 3.21. The summed E-state index contributed by atoms with van der Waals surface area (Å²) in [6.45, 7) is 0.0352. The fourth-order valence-electron chi connectivity index (χ4n) is 0.772. The van der Waals surface area contributed by atoms with Crippen LogP contribution in [-0.2, 0) is 6.54 Å². The zero-order valence-corrected chi connectivity index (χ0v) is 6.78. The summed E-state index contributed by atoms with van der Waals surface area (Å²) in [5.41, 5.74) is 5.33. The fourth-order valence-corrected chi connectivity index (χ4v) is 0.924. The van der Waals surface area contributed by atoms with Crippen LogP contribution in [0.15, 0.2) is 12.3 Å². The van der Waals surface area contributed by atoms with Crippen LogP contribution in [0.25, 0.3) is 0 Å². The molecule has 5 nitrogen and oxygen atoms in total. The third kappa shape index (κ3) is 1.69. The highest BCUT2D eigenvalue weighted by Crippen LogP contribution is 2.19. The molecular formula is C6H6ClN3O2. The highest BCUT2D eigenvalue weighted by molar-refractivity contribution is 6.30. The minimum Gasteiger partial charge on any atom is -0.325 e. The van der Waals surface area contributed by atoms with E-state index < -0.39 is 4.92 Å². The average Bonchev–Trinajstić information content (AvgIpc) is 2.04. The van der Waals surface area contributed by atoms with E-state index in [0.717, 1.165) is 0 Å². The van der Waals surface area contributed by atoms with Crippen molar-refractivity contribution in [3.63, 3.8) is 0 Å². The number of nitrogens with two attached hydrogens (primary N) is 1.